The van der Waals surface area contributed by atoms with Crippen LogP contribution in [-0.2, 0) is 11.2 Å². The Morgan fingerprint density at radius 1 is 1.17 bits per heavy atom. The van der Waals surface area contributed by atoms with Gasteiger partial charge in [-0.1, -0.05) is 17.2 Å². The van der Waals surface area contributed by atoms with Crippen LogP contribution < -0.4 is 0 Å². The molecule has 1 unspecified atom stereocenters. The molecule has 1 atom stereocenters. The van der Waals surface area contributed by atoms with Crippen molar-refractivity contribution in [2.24, 2.45) is 0 Å². The number of hydrogen-bond acceptors (Lipinski definition) is 9. The number of fused-ring (bicyclic) bond motifs is 1. The molecule has 0 saturated carbocycles. The van der Waals surface area contributed by atoms with E-state index >= 15 is 0 Å². The fourth-order valence-electron chi connectivity index (χ4n) is 3.31. The number of aromatic nitrogens is 4. The van der Waals surface area contributed by atoms with Crippen molar-refractivity contribution in [3.63, 3.8) is 0 Å². The fraction of sp³-hybridized carbons (Fsp3) is 0.381. The normalized spacial score (nSPS) is 12.4. The second-order valence-corrected chi connectivity index (χ2v) is 8.64. The lowest BCUT2D eigenvalue weighted by Crippen LogP contribution is -2.11. The van der Waals surface area contributed by atoms with Crippen molar-refractivity contribution >= 4 is 28.4 Å². The Bertz CT molecular complexity index is 1220. The summed E-state index contributed by atoms with van der Waals surface area (Å²) >= 11 is 1.67. The van der Waals surface area contributed by atoms with Gasteiger partial charge in [-0.25, -0.2) is 9.78 Å². The highest BCUT2D eigenvalue weighted by Crippen LogP contribution is 2.33. The minimum absolute atomic E-state index is 0.267. The zero-order chi connectivity index (χ0) is 21.4. The number of esters is 1. The van der Waals surface area contributed by atoms with E-state index in [2.05, 4.69) is 20.3 Å². The predicted octanol–water partition coefficient (Wildman–Crippen LogP) is 5.13. The van der Waals surface area contributed by atoms with E-state index in [0.717, 1.165) is 21.7 Å². The van der Waals surface area contributed by atoms with E-state index in [4.69, 9.17) is 13.8 Å². The van der Waals surface area contributed by atoms with Crippen molar-refractivity contribution in [2.45, 2.75) is 53.6 Å². The van der Waals surface area contributed by atoms with Crippen LogP contribution in [0.4, 0.5) is 0 Å². The molecule has 0 aliphatic rings. The Hall–Kier alpha value is -3.07. The van der Waals surface area contributed by atoms with Gasteiger partial charge >= 0.3 is 5.97 Å². The lowest BCUT2D eigenvalue weighted by atomic mass is 10.1. The standard InChI is InChI=1S/C21H22N4O4S/c1-6-7-17-23-19(28-25-17)12(4)27-21(26)15-9-16(14-8-10(2)30-13(14)5)22-20-18(15)11(3)24-29-20/h8-9,12H,6-7H2,1-5H3. The molecule has 156 valence electrons. The number of pyridine rings is 1. The summed E-state index contributed by atoms with van der Waals surface area (Å²) in [6.07, 6.45) is 0.921. The maximum Gasteiger partial charge on any atom is 0.339 e. The number of hydrogen-bond donors (Lipinski definition) is 0. The summed E-state index contributed by atoms with van der Waals surface area (Å²) in [6.45, 7) is 9.56. The van der Waals surface area contributed by atoms with Crippen LogP contribution in [0.25, 0.3) is 22.4 Å². The minimum atomic E-state index is -0.687. The summed E-state index contributed by atoms with van der Waals surface area (Å²) in [6, 6.07) is 3.77. The number of nitrogens with zero attached hydrogens (tertiary/aromatic N) is 4. The van der Waals surface area contributed by atoms with E-state index < -0.39 is 12.1 Å². The first kappa shape index (κ1) is 20.2. The Kier molecular flexibility index (Phi) is 5.38. The Morgan fingerprint density at radius 3 is 2.67 bits per heavy atom. The van der Waals surface area contributed by atoms with Gasteiger partial charge in [-0.3, -0.25) is 0 Å². The Morgan fingerprint density at radius 2 is 1.97 bits per heavy atom. The number of ether oxygens (including phenoxy) is 1. The molecule has 30 heavy (non-hydrogen) atoms. The second kappa shape index (κ2) is 7.98. The summed E-state index contributed by atoms with van der Waals surface area (Å²) in [5, 5.41) is 8.44. The van der Waals surface area contributed by atoms with Crippen LogP contribution in [0, 0.1) is 20.8 Å². The number of carbonyl (C=O) groups excluding carboxylic acids is 1. The van der Waals surface area contributed by atoms with Gasteiger partial charge in [0, 0.05) is 21.7 Å². The smallest absolute Gasteiger partial charge is 0.339 e. The number of aryl methyl sites for hydroxylation is 4. The first-order valence-electron chi connectivity index (χ1n) is 9.75. The van der Waals surface area contributed by atoms with E-state index in [1.807, 2.05) is 26.8 Å². The molecule has 4 heterocycles. The van der Waals surface area contributed by atoms with Gasteiger partial charge in [0.05, 0.1) is 22.3 Å². The van der Waals surface area contributed by atoms with Gasteiger partial charge in [0.15, 0.2) is 11.9 Å². The maximum atomic E-state index is 13.1. The van der Waals surface area contributed by atoms with Crippen molar-refractivity contribution in [3.8, 4) is 11.3 Å². The average Bonchev–Trinajstić information content (AvgIpc) is 3.40. The Labute approximate surface area is 177 Å². The highest BCUT2D eigenvalue weighted by atomic mass is 32.1. The summed E-state index contributed by atoms with van der Waals surface area (Å²) in [5.41, 5.74) is 2.82. The average molecular weight is 426 g/mol. The lowest BCUT2D eigenvalue weighted by molar-refractivity contribution is 0.0267. The zero-order valence-corrected chi connectivity index (χ0v) is 18.3. The van der Waals surface area contributed by atoms with Gasteiger partial charge in [-0.2, -0.15) is 4.98 Å². The third kappa shape index (κ3) is 3.72. The van der Waals surface area contributed by atoms with Crippen molar-refractivity contribution in [3.05, 3.63) is 44.9 Å². The molecule has 4 aromatic heterocycles. The Balaban J connectivity index is 1.70. The quantitative estimate of drug-likeness (QED) is 0.391. The molecule has 0 fully saturated rings. The highest BCUT2D eigenvalue weighted by Gasteiger charge is 2.25. The van der Waals surface area contributed by atoms with Gasteiger partial charge in [-0.15, -0.1) is 11.3 Å². The van der Waals surface area contributed by atoms with Crippen LogP contribution in [0.5, 0.6) is 0 Å². The number of thiophene rings is 1. The van der Waals surface area contributed by atoms with Crippen molar-refractivity contribution < 1.29 is 18.6 Å². The molecule has 0 aromatic carbocycles. The maximum absolute atomic E-state index is 13.1. The van der Waals surface area contributed by atoms with Gasteiger partial charge in [0.25, 0.3) is 11.6 Å². The van der Waals surface area contributed by atoms with Gasteiger partial charge in [-0.05, 0) is 46.2 Å². The largest absolute Gasteiger partial charge is 0.449 e. The SMILES string of the molecule is CCCc1noc(C(C)OC(=O)c2cc(-c3cc(C)sc3C)nc3onc(C)c23)n1. The highest BCUT2D eigenvalue weighted by molar-refractivity contribution is 7.12. The third-order valence-electron chi connectivity index (χ3n) is 4.74. The summed E-state index contributed by atoms with van der Waals surface area (Å²) in [5.74, 6) is 0.341. The van der Waals surface area contributed by atoms with Gasteiger partial charge in [0.2, 0.25) is 0 Å². The molecular formula is C21H22N4O4S. The fourth-order valence-corrected chi connectivity index (χ4v) is 4.24. The summed E-state index contributed by atoms with van der Waals surface area (Å²) in [7, 11) is 0. The molecule has 4 aromatic rings. The first-order valence-corrected chi connectivity index (χ1v) is 10.6. The molecule has 4 rings (SSSR count). The lowest BCUT2D eigenvalue weighted by Gasteiger charge is -2.11. The molecule has 0 radical (unpaired) electrons. The van der Waals surface area contributed by atoms with Crippen molar-refractivity contribution in [2.75, 3.05) is 0 Å². The summed E-state index contributed by atoms with van der Waals surface area (Å²) < 4.78 is 16.2. The van der Waals surface area contributed by atoms with E-state index in [0.29, 0.717) is 40.3 Å². The molecule has 0 aliphatic carbocycles. The second-order valence-electron chi connectivity index (χ2n) is 7.18. The van der Waals surface area contributed by atoms with Crippen LogP contribution in [0.2, 0.25) is 0 Å². The van der Waals surface area contributed by atoms with E-state index in [9.17, 15) is 4.79 Å². The molecule has 0 aliphatic heterocycles. The van der Waals surface area contributed by atoms with Crippen LogP contribution >= 0.6 is 11.3 Å². The van der Waals surface area contributed by atoms with Gasteiger partial charge in [0.1, 0.15) is 0 Å². The zero-order valence-electron chi connectivity index (χ0n) is 17.5. The third-order valence-corrected chi connectivity index (χ3v) is 5.71. The summed E-state index contributed by atoms with van der Waals surface area (Å²) in [4.78, 5) is 24.2. The molecule has 0 saturated heterocycles. The van der Waals surface area contributed by atoms with Crippen LogP contribution in [0.3, 0.4) is 0 Å². The molecule has 0 amide bonds. The number of rotatable bonds is 6. The van der Waals surface area contributed by atoms with E-state index in [1.54, 1.807) is 31.3 Å². The van der Waals surface area contributed by atoms with Crippen LogP contribution in [0.1, 0.15) is 63.9 Å². The van der Waals surface area contributed by atoms with Crippen molar-refractivity contribution in [1.82, 2.24) is 20.3 Å². The molecule has 0 spiro atoms. The predicted molar refractivity (Wildman–Crippen MR) is 111 cm³/mol. The van der Waals surface area contributed by atoms with Crippen molar-refractivity contribution in [1.29, 1.82) is 0 Å². The molecule has 0 N–H and O–H groups in total. The first-order chi connectivity index (χ1) is 14.4. The molecule has 0 bridgehead atoms. The van der Waals surface area contributed by atoms with Gasteiger partial charge < -0.3 is 13.8 Å². The topological polar surface area (TPSA) is 104 Å². The van der Waals surface area contributed by atoms with E-state index in [-0.39, 0.29) is 5.89 Å². The number of carbonyl (C=O) groups is 1. The minimum Gasteiger partial charge on any atom is -0.449 e. The molecule has 8 nitrogen and oxygen atoms in total. The van der Waals surface area contributed by atoms with Crippen LogP contribution in [0.15, 0.2) is 21.2 Å². The van der Waals surface area contributed by atoms with Crippen LogP contribution in [-0.4, -0.2) is 26.3 Å². The van der Waals surface area contributed by atoms with E-state index in [1.165, 1.54) is 0 Å². The monoisotopic (exact) mass is 426 g/mol. The molecule has 9 heteroatoms. The molecular weight excluding hydrogens is 404 g/mol.